The highest BCUT2D eigenvalue weighted by Gasteiger charge is 2.31. The molecule has 0 spiro atoms. The molecule has 29 heavy (non-hydrogen) atoms. The number of nitrogens with zero attached hydrogens (tertiary/aromatic N) is 3. The Bertz CT molecular complexity index is 1100. The van der Waals surface area contributed by atoms with Crippen LogP contribution >= 0.6 is 0 Å². The molecule has 4 rings (SSSR count). The molecule has 5 nitrogen and oxygen atoms in total. The van der Waals surface area contributed by atoms with Gasteiger partial charge in [0.15, 0.2) is 0 Å². The minimum absolute atomic E-state index is 0.0270. The van der Waals surface area contributed by atoms with Crippen molar-refractivity contribution >= 4 is 0 Å². The largest absolute Gasteiger partial charge is 0.416 e. The Balaban J connectivity index is 1.58. The van der Waals surface area contributed by atoms with E-state index in [1.165, 1.54) is 0 Å². The monoisotopic (exact) mass is 404 g/mol. The van der Waals surface area contributed by atoms with E-state index < -0.39 is 17.6 Å². The number of pyridine rings is 1. The fourth-order valence-corrected chi connectivity index (χ4v) is 3.38. The second-order valence-electron chi connectivity index (χ2n) is 6.84. The highest BCUT2D eigenvalue weighted by atomic mass is 19.4. The molecule has 1 aliphatic rings. The van der Waals surface area contributed by atoms with E-state index in [1.807, 2.05) is 0 Å². The van der Waals surface area contributed by atoms with Crippen molar-refractivity contribution in [1.29, 1.82) is 0 Å². The number of fused-ring (bicyclic) bond motifs is 1. The molecular formula is C20H16F4N4O. The summed E-state index contributed by atoms with van der Waals surface area (Å²) in [5.41, 5.74) is 0.557. The highest BCUT2D eigenvalue weighted by Crippen LogP contribution is 2.31. The lowest BCUT2D eigenvalue weighted by Gasteiger charge is -2.28. The van der Waals surface area contributed by atoms with Crippen molar-refractivity contribution < 1.29 is 17.6 Å². The molecule has 150 valence electrons. The smallest absolute Gasteiger partial charge is 0.306 e. The van der Waals surface area contributed by atoms with Gasteiger partial charge in [0.2, 0.25) is 0 Å². The molecule has 0 unspecified atom stereocenters. The number of rotatable bonds is 3. The third kappa shape index (κ3) is 4.04. The standard InChI is InChI=1S/C20H16F4N4O/c21-16-2-1-14(20(22,23)24)9-13(16)10-28-8-5-17-15(11-28)19(29)27-18(26-17)12-3-6-25-7-4-12/h1-4,6-7,9H,5,8,10-11H2,(H,26,27,29). The van der Waals surface area contributed by atoms with Crippen molar-refractivity contribution in [3.05, 3.63) is 81.3 Å². The van der Waals surface area contributed by atoms with E-state index in [0.29, 0.717) is 30.0 Å². The summed E-state index contributed by atoms with van der Waals surface area (Å²) in [6, 6.07) is 5.83. The fourth-order valence-electron chi connectivity index (χ4n) is 3.38. The minimum atomic E-state index is -4.54. The normalized spacial score (nSPS) is 14.6. The third-order valence-electron chi connectivity index (χ3n) is 4.87. The molecule has 9 heteroatoms. The van der Waals surface area contributed by atoms with Gasteiger partial charge in [-0.25, -0.2) is 9.37 Å². The molecule has 1 N–H and O–H groups in total. The van der Waals surface area contributed by atoms with Gasteiger partial charge in [0.1, 0.15) is 11.6 Å². The van der Waals surface area contributed by atoms with Gasteiger partial charge in [0.05, 0.1) is 16.8 Å². The van der Waals surface area contributed by atoms with Gasteiger partial charge in [0, 0.05) is 49.6 Å². The fraction of sp³-hybridized carbons (Fsp3) is 0.250. The molecule has 3 heterocycles. The lowest BCUT2D eigenvalue weighted by Crippen LogP contribution is -2.35. The topological polar surface area (TPSA) is 61.9 Å². The summed E-state index contributed by atoms with van der Waals surface area (Å²) in [6.45, 7) is 0.611. The first kappa shape index (κ1) is 19.3. The highest BCUT2D eigenvalue weighted by molar-refractivity contribution is 5.54. The van der Waals surface area contributed by atoms with E-state index in [4.69, 9.17) is 0 Å². The van der Waals surface area contributed by atoms with E-state index in [1.54, 1.807) is 29.4 Å². The predicted molar refractivity (Wildman–Crippen MR) is 97.3 cm³/mol. The number of aromatic nitrogens is 3. The van der Waals surface area contributed by atoms with Gasteiger partial charge in [-0.15, -0.1) is 0 Å². The number of H-pyrrole nitrogens is 1. The molecule has 2 aromatic heterocycles. The molecule has 0 aliphatic carbocycles. The van der Waals surface area contributed by atoms with Gasteiger partial charge in [-0.05, 0) is 30.3 Å². The molecule has 0 atom stereocenters. The van der Waals surface area contributed by atoms with E-state index >= 15 is 0 Å². The molecule has 1 aromatic carbocycles. The number of aromatic amines is 1. The Morgan fingerprint density at radius 1 is 1.14 bits per heavy atom. The van der Waals surface area contributed by atoms with Gasteiger partial charge in [-0.1, -0.05) is 0 Å². The Morgan fingerprint density at radius 2 is 1.90 bits per heavy atom. The third-order valence-corrected chi connectivity index (χ3v) is 4.87. The molecule has 0 saturated heterocycles. The maximum Gasteiger partial charge on any atom is 0.416 e. The number of alkyl halides is 3. The average molecular weight is 404 g/mol. The van der Waals surface area contributed by atoms with Gasteiger partial charge >= 0.3 is 6.18 Å². The van der Waals surface area contributed by atoms with Crippen LogP contribution in [0.5, 0.6) is 0 Å². The van der Waals surface area contributed by atoms with Crippen LogP contribution in [0.25, 0.3) is 11.4 Å². The molecule has 1 aliphatic heterocycles. The summed E-state index contributed by atoms with van der Waals surface area (Å²) >= 11 is 0. The van der Waals surface area contributed by atoms with Gasteiger partial charge in [-0.3, -0.25) is 14.7 Å². The molecule has 0 radical (unpaired) electrons. The summed E-state index contributed by atoms with van der Waals surface area (Å²) in [4.78, 5) is 25.5. The quantitative estimate of drug-likeness (QED) is 0.679. The number of benzene rings is 1. The Hall–Kier alpha value is -3.07. The van der Waals surface area contributed by atoms with Crippen LogP contribution in [-0.2, 0) is 25.7 Å². The molecule has 0 amide bonds. The number of halogens is 4. The SMILES string of the molecule is O=c1[nH]c(-c2ccncc2)nc2c1CN(Cc1cc(C(F)(F)F)ccc1F)CC2. The van der Waals surface area contributed by atoms with Crippen LogP contribution in [0.3, 0.4) is 0 Å². The summed E-state index contributed by atoms with van der Waals surface area (Å²) in [7, 11) is 0. The lowest BCUT2D eigenvalue weighted by atomic mass is 10.0. The predicted octanol–water partition coefficient (Wildman–Crippen LogP) is 3.55. The van der Waals surface area contributed by atoms with Crippen molar-refractivity contribution in [2.24, 2.45) is 0 Å². The maximum absolute atomic E-state index is 14.0. The second kappa shape index (κ2) is 7.40. The Labute approximate surface area is 163 Å². The summed E-state index contributed by atoms with van der Waals surface area (Å²) in [5.74, 6) is -0.266. The van der Waals surface area contributed by atoms with Crippen LogP contribution < -0.4 is 5.56 Å². The van der Waals surface area contributed by atoms with Crippen LogP contribution in [0, 0.1) is 5.82 Å². The first-order chi connectivity index (χ1) is 13.8. The molecule has 3 aromatic rings. The van der Waals surface area contributed by atoms with Crippen molar-refractivity contribution in [1.82, 2.24) is 19.9 Å². The molecule has 0 fully saturated rings. The summed E-state index contributed by atoms with van der Waals surface area (Å²) < 4.78 is 52.8. The zero-order chi connectivity index (χ0) is 20.6. The average Bonchev–Trinajstić information content (AvgIpc) is 2.70. The van der Waals surface area contributed by atoms with Crippen LogP contribution in [0.2, 0.25) is 0 Å². The minimum Gasteiger partial charge on any atom is -0.306 e. The van der Waals surface area contributed by atoms with Crippen molar-refractivity contribution in [2.75, 3.05) is 6.54 Å². The Morgan fingerprint density at radius 3 is 2.62 bits per heavy atom. The zero-order valence-electron chi connectivity index (χ0n) is 15.1. The number of hydrogen-bond donors (Lipinski definition) is 1. The van der Waals surface area contributed by atoms with Crippen molar-refractivity contribution in [3.63, 3.8) is 0 Å². The summed E-state index contributed by atoms with van der Waals surface area (Å²) in [6.07, 6.45) is -0.903. The Kier molecular flexibility index (Phi) is 4.91. The van der Waals surface area contributed by atoms with Gasteiger partial charge in [0.25, 0.3) is 5.56 Å². The first-order valence-corrected chi connectivity index (χ1v) is 8.92. The van der Waals surface area contributed by atoms with E-state index in [2.05, 4.69) is 15.0 Å². The van der Waals surface area contributed by atoms with Crippen LogP contribution in [0.1, 0.15) is 22.4 Å². The second-order valence-corrected chi connectivity index (χ2v) is 6.84. The zero-order valence-corrected chi connectivity index (χ0v) is 15.1. The number of hydrogen-bond acceptors (Lipinski definition) is 4. The van der Waals surface area contributed by atoms with E-state index in [0.717, 1.165) is 23.8 Å². The van der Waals surface area contributed by atoms with Gasteiger partial charge in [-0.2, -0.15) is 13.2 Å². The number of nitrogens with one attached hydrogen (secondary N) is 1. The maximum atomic E-state index is 14.0. The van der Waals surface area contributed by atoms with E-state index in [-0.39, 0.29) is 24.2 Å². The molecule has 0 bridgehead atoms. The van der Waals surface area contributed by atoms with Crippen molar-refractivity contribution in [3.8, 4) is 11.4 Å². The van der Waals surface area contributed by atoms with Crippen LogP contribution in [0.15, 0.2) is 47.5 Å². The van der Waals surface area contributed by atoms with Crippen LogP contribution in [0.4, 0.5) is 17.6 Å². The van der Waals surface area contributed by atoms with Crippen LogP contribution in [-0.4, -0.2) is 26.4 Å². The molecule has 0 saturated carbocycles. The lowest BCUT2D eigenvalue weighted by molar-refractivity contribution is -0.137. The summed E-state index contributed by atoms with van der Waals surface area (Å²) in [5, 5.41) is 0. The van der Waals surface area contributed by atoms with E-state index in [9.17, 15) is 22.4 Å². The van der Waals surface area contributed by atoms with Gasteiger partial charge < -0.3 is 4.98 Å². The first-order valence-electron chi connectivity index (χ1n) is 8.92. The van der Waals surface area contributed by atoms with Crippen molar-refractivity contribution in [2.45, 2.75) is 25.7 Å². The molecular weight excluding hydrogens is 388 g/mol.